The minimum atomic E-state index is -3.65. The fourth-order valence-electron chi connectivity index (χ4n) is 3.30. The molecule has 0 spiro atoms. The summed E-state index contributed by atoms with van der Waals surface area (Å²) >= 11 is 0. The Bertz CT molecular complexity index is 1040. The molecule has 2 amide bonds. The predicted octanol–water partition coefficient (Wildman–Crippen LogP) is 3.06. The van der Waals surface area contributed by atoms with Gasteiger partial charge in [-0.1, -0.05) is 12.1 Å². The Morgan fingerprint density at radius 2 is 1.55 bits per heavy atom. The van der Waals surface area contributed by atoms with Gasteiger partial charge in [0.25, 0.3) is 0 Å². The van der Waals surface area contributed by atoms with E-state index in [9.17, 15) is 26.8 Å². The van der Waals surface area contributed by atoms with Crippen LogP contribution >= 0.6 is 0 Å². The summed E-state index contributed by atoms with van der Waals surface area (Å²) in [6, 6.07) is 9.91. The molecule has 0 aliphatic heterocycles. The Kier molecular flexibility index (Phi) is 9.33. The summed E-state index contributed by atoms with van der Waals surface area (Å²) < 4.78 is 52.0. The molecule has 0 unspecified atom stereocenters. The van der Waals surface area contributed by atoms with E-state index in [-0.39, 0.29) is 37.7 Å². The summed E-state index contributed by atoms with van der Waals surface area (Å²) in [5, 5.41) is 2.68. The third kappa shape index (κ3) is 7.81. The molecule has 0 bridgehead atoms. The number of carbonyl (C=O) groups is 2. The van der Waals surface area contributed by atoms with Crippen molar-refractivity contribution in [1.82, 2.24) is 10.2 Å². The standard InChI is InChI=1S/C23H29F2N3O4S/c1-4-26-23(30)17(2)27(16-18-7-9-19(24)10-8-18)22(29)6-5-15-28(33(3,31)32)21-13-11-20(25)12-14-21/h7-14,17H,4-6,15-16H2,1-3H3,(H,26,30)/t17-/m0/s1. The number of nitrogens with one attached hydrogen (secondary N) is 1. The van der Waals surface area contributed by atoms with Crippen LogP contribution in [0.2, 0.25) is 0 Å². The van der Waals surface area contributed by atoms with Crippen molar-refractivity contribution in [2.45, 2.75) is 39.3 Å². The van der Waals surface area contributed by atoms with Crippen LogP contribution in [0.3, 0.4) is 0 Å². The van der Waals surface area contributed by atoms with Gasteiger partial charge in [-0.05, 0) is 62.2 Å². The molecule has 0 saturated heterocycles. The van der Waals surface area contributed by atoms with Gasteiger partial charge in [-0.15, -0.1) is 0 Å². The fourth-order valence-corrected chi connectivity index (χ4v) is 4.27. The maximum Gasteiger partial charge on any atom is 0.242 e. The van der Waals surface area contributed by atoms with Gasteiger partial charge < -0.3 is 10.2 Å². The highest BCUT2D eigenvalue weighted by Gasteiger charge is 2.26. The first-order valence-electron chi connectivity index (χ1n) is 10.6. The number of halogens is 2. The van der Waals surface area contributed by atoms with Gasteiger partial charge >= 0.3 is 0 Å². The Morgan fingerprint density at radius 3 is 2.06 bits per heavy atom. The third-order valence-corrected chi connectivity index (χ3v) is 6.25. The summed E-state index contributed by atoms with van der Waals surface area (Å²) in [6.45, 7) is 3.89. The lowest BCUT2D eigenvalue weighted by Gasteiger charge is -2.29. The lowest BCUT2D eigenvalue weighted by Crippen LogP contribution is -2.47. The van der Waals surface area contributed by atoms with E-state index in [1.807, 2.05) is 0 Å². The van der Waals surface area contributed by atoms with E-state index in [4.69, 9.17) is 0 Å². The molecular weight excluding hydrogens is 452 g/mol. The molecule has 10 heteroatoms. The molecule has 7 nitrogen and oxygen atoms in total. The first kappa shape index (κ1) is 26.2. The molecule has 0 heterocycles. The van der Waals surface area contributed by atoms with Crippen LogP contribution < -0.4 is 9.62 Å². The zero-order valence-electron chi connectivity index (χ0n) is 18.9. The van der Waals surface area contributed by atoms with Crippen LogP contribution in [-0.2, 0) is 26.2 Å². The fraction of sp³-hybridized carbons (Fsp3) is 0.391. The molecule has 2 aromatic carbocycles. The van der Waals surface area contributed by atoms with Gasteiger partial charge in [0.05, 0.1) is 11.9 Å². The van der Waals surface area contributed by atoms with Gasteiger partial charge in [-0.2, -0.15) is 0 Å². The van der Waals surface area contributed by atoms with Crippen LogP contribution in [0, 0.1) is 11.6 Å². The van der Waals surface area contributed by atoms with E-state index in [0.717, 1.165) is 22.7 Å². The van der Waals surface area contributed by atoms with Crippen molar-refractivity contribution in [3.05, 3.63) is 65.7 Å². The van der Waals surface area contributed by atoms with Gasteiger partial charge in [0.15, 0.2) is 0 Å². The van der Waals surface area contributed by atoms with E-state index in [1.165, 1.54) is 29.2 Å². The van der Waals surface area contributed by atoms with E-state index >= 15 is 0 Å². The molecule has 1 atom stereocenters. The maximum atomic E-state index is 13.3. The SMILES string of the molecule is CCNC(=O)[C@H](C)N(Cc1ccc(F)cc1)C(=O)CCCN(c1ccc(F)cc1)S(C)(=O)=O. The largest absolute Gasteiger partial charge is 0.355 e. The molecule has 2 aromatic rings. The van der Waals surface area contributed by atoms with Gasteiger partial charge in [0.2, 0.25) is 21.8 Å². The molecule has 0 aromatic heterocycles. The summed E-state index contributed by atoms with van der Waals surface area (Å²) in [5.74, 6) is -1.56. The summed E-state index contributed by atoms with van der Waals surface area (Å²) in [7, 11) is -3.65. The smallest absolute Gasteiger partial charge is 0.242 e. The number of likely N-dealkylation sites (N-methyl/N-ethyl adjacent to an activating group) is 1. The highest BCUT2D eigenvalue weighted by Crippen LogP contribution is 2.19. The molecule has 0 aliphatic carbocycles. The zero-order valence-corrected chi connectivity index (χ0v) is 19.7. The lowest BCUT2D eigenvalue weighted by atomic mass is 10.1. The topological polar surface area (TPSA) is 86.8 Å². The highest BCUT2D eigenvalue weighted by atomic mass is 32.2. The number of sulfonamides is 1. The number of amides is 2. The predicted molar refractivity (Wildman–Crippen MR) is 123 cm³/mol. The van der Waals surface area contributed by atoms with Crippen LogP contribution in [0.5, 0.6) is 0 Å². The van der Waals surface area contributed by atoms with E-state index in [0.29, 0.717) is 17.8 Å². The Hall–Kier alpha value is -3.01. The normalized spacial score (nSPS) is 12.2. The average Bonchev–Trinajstić information content (AvgIpc) is 2.76. The van der Waals surface area contributed by atoms with Gasteiger partial charge in [-0.25, -0.2) is 17.2 Å². The molecule has 0 aliphatic rings. The van der Waals surface area contributed by atoms with Crippen LogP contribution in [0.25, 0.3) is 0 Å². The highest BCUT2D eigenvalue weighted by molar-refractivity contribution is 7.92. The van der Waals surface area contributed by atoms with E-state index in [1.54, 1.807) is 26.0 Å². The quantitative estimate of drug-likeness (QED) is 0.535. The Balaban J connectivity index is 2.13. The maximum absolute atomic E-state index is 13.3. The van der Waals surface area contributed by atoms with Crippen molar-refractivity contribution < 1.29 is 26.8 Å². The Morgan fingerprint density at radius 1 is 1.00 bits per heavy atom. The number of hydrogen-bond acceptors (Lipinski definition) is 4. The van der Waals surface area contributed by atoms with Crippen LogP contribution in [-0.4, -0.2) is 50.5 Å². The minimum absolute atomic E-state index is 0.0101. The minimum Gasteiger partial charge on any atom is -0.355 e. The van der Waals surface area contributed by atoms with Crippen LogP contribution in [0.4, 0.5) is 14.5 Å². The summed E-state index contributed by atoms with van der Waals surface area (Å²) in [5.41, 5.74) is 0.954. The number of benzene rings is 2. The molecule has 33 heavy (non-hydrogen) atoms. The molecule has 1 N–H and O–H groups in total. The first-order valence-corrected chi connectivity index (χ1v) is 12.4. The number of hydrogen-bond donors (Lipinski definition) is 1. The van der Waals surface area contributed by atoms with Gasteiger partial charge in [-0.3, -0.25) is 13.9 Å². The number of carbonyl (C=O) groups excluding carboxylic acids is 2. The first-order chi connectivity index (χ1) is 15.5. The monoisotopic (exact) mass is 481 g/mol. The molecule has 180 valence electrons. The number of anilines is 1. The van der Waals surface area contributed by atoms with E-state index in [2.05, 4.69) is 5.32 Å². The average molecular weight is 482 g/mol. The molecule has 2 rings (SSSR count). The summed E-state index contributed by atoms with van der Waals surface area (Å²) in [4.78, 5) is 26.8. The number of rotatable bonds is 11. The van der Waals surface area contributed by atoms with Crippen molar-refractivity contribution in [3.8, 4) is 0 Å². The summed E-state index contributed by atoms with van der Waals surface area (Å²) in [6.07, 6.45) is 1.21. The van der Waals surface area contributed by atoms with Crippen LogP contribution in [0.1, 0.15) is 32.3 Å². The lowest BCUT2D eigenvalue weighted by molar-refractivity contribution is -0.140. The van der Waals surface area contributed by atoms with E-state index < -0.39 is 27.7 Å². The van der Waals surface area contributed by atoms with Gasteiger partial charge in [0.1, 0.15) is 17.7 Å². The third-order valence-electron chi connectivity index (χ3n) is 5.05. The van der Waals surface area contributed by atoms with Crippen molar-refractivity contribution in [2.24, 2.45) is 0 Å². The molecule has 0 radical (unpaired) electrons. The van der Waals surface area contributed by atoms with Crippen molar-refractivity contribution in [1.29, 1.82) is 0 Å². The second-order valence-electron chi connectivity index (χ2n) is 7.63. The second kappa shape index (κ2) is 11.7. The zero-order chi connectivity index (χ0) is 24.6. The van der Waals surface area contributed by atoms with Gasteiger partial charge in [0, 0.05) is 26.1 Å². The second-order valence-corrected chi connectivity index (χ2v) is 9.54. The Labute approximate surface area is 193 Å². The van der Waals surface area contributed by atoms with Crippen molar-refractivity contribution in [3.63, 3.8) is 0 Å². The molecule has 0 saturated carbocycles. The van der Waals surface area contributed by atoms with Crippen molar-refractivity contribution >= 4 is 27.5 Å². The molecule has 0 fully saturated rings. The van der Waals surface area contributed by atoms with Crippen LogP contribution in [0.15, 0.2) is 48.5 Å². The van der Waals surface area contributed by atoms with Crippen molar-refractivity contribution in [2.75, 3.05) is 23.7 Å². The molecular formula is C23H29F2N3O4S. The number of nitrogens with zero attached hydrogens (tertiary/aromatic N) is 2.